The molecule has 1 atom stereocenters. The highest BCUT2D eigenvalue weighted by atomic mass is 32.1. The van der Waals surface area contributed by atoms with Crippen LogP contribution in [-0.2, 0) is 11.2 Å². The Labute approximate surface area is 90.3 Å². The lowest BCUT2D eigenvalue weighted by Gasteiger charge is -2.14. The van der Waals surface area contributed by atoms with Crippen molar-refractivity contribution in [1.82, 2.24) is 5.32 Å². The highest BCUT2D eigenvalue weighted by Gasteiger charge is 2.07. The zero-order valence-electron chi connectivity index (χ0n) is 8.95. The van der Waals surface area contributed by atoms with Gasteiger partial charge in [0.2, 0.25) is 0 Å². The lowest BCUT2D eigenvalue weighted by molar-refractivity contribution is 0.189. The Balaban J connectivity index is 2.24. The van der Waals surface area contributed by atoms with Crippen molar-refractivity contribution in [2.75, 3.05) is 20.8 Å². The van der Waals surface area contributed by atoms with Gasteiger partial charge in [0.25, 0.3) is 0 Å². The average Bonchev–Trinajstić information content (AvgIpc) is 2.69. The summed E-state index contributed by atoms with van der Waals surface area (Å²) in [6.45, 7) is 0.864. The van der Waals surface area contributed by atoms with Gasteiger partial charge in [-0.05, 0) is 37.8 Å². The third-order valence-electron chi connectivity index (χ3n) is 2.34. The fraction of sp³-hybridized carbons (Fsp3) is 0.636. The van der Waals surface area contributed by atoms with Crippen molar-refractivity contribution in [1.29, 1.82) is 0 Å². The predicted octanol–water partition coefficient (Wildman–Crippen LogP) is 2.31. The Bertz CT molecular complexity index is 223. The maximum Gasteiger partial charge on any atom is 0.0462 e. The molecule has 0 amide bonds. The van der Waals surface area contributed by atoms with Crippen LogP contribution in [-0.4, -0.2) is 26.8 Å². The van der Waals surface area contributed by atoms with Crippen molar-refractivity contribution in [2.24, 2.45) is 0 Å². The lowest BCUT2D eigenvalue weighted by atomic mass is 10.1. The van der Waals surface area contributed by atoms with E-state index in [0.717, 1.165) is 19.4 Å². The molecule has 80 valence electrons. The summed E-state index contributed by atoms with van der Waals surface area (Å²) in [6.07, 6.45) is 3.45. The van der Waals surface area contributed by atoms with Gasteiger partial charge in [-0.2, -0.15) is 0 Å². The minimum Gasteiger partial charge on any atom is -0.385 e. The molecule has 14 heavy (non-hydrogen) atoms. The van der Waals surface area contributed by atoms with Crippen molar-refractivity contribution >= 4 is 11.3 Å². The molecule has 1 aromatic heterocycles. The summed E-state index contributed by atoms with van der Waals surface area (Å²) < 4.78 is 5.05. The molecule has 3 heteroatoms. The normalized spacial score (nSPS) is 13.0. The molecule has 1 heterocycles. The molecular formula is C11H19NOS. The molecule has 0 bridgehead atoms. The predicted molar refractivity (Wildman–Crippen MR) is 62.0 cm³/mol. The first-order valence-electron chi connectivity index (χ1n) is 5.05. The third kappa shape index (κ3) is 4.22. The van der Waals surface area contributed by atoms with E-state index in [1.54, 1.807) is 7.11 Å². The van der Waals surface area contributed by atoms with E-state index in [1.807, 2.05) is 18.4 Å². The zero-order valence-corrected chi connectivity index (χ0v) is 9.77. The SMILES string of the molecule is CNC(CCCOC)Cc1cccs1. The summed E-state index contributed by atoms with van der Waals surface area (Å²) in [7, 11) is 3.79. The monoisotopic (exact) mass is 213 g/mol. The van der Waals surface area contributed by atoms with Gasteiger partial charge in [-0.1, -0.05) is 6.07 Å². The number of hydrogen-bond donors (Lipinski definition) is 1. The molecule has 0 aliphatic carbocycles. The second-order valence-corrected chi connectivity index (χ2v) is 4.44. The third-order valence-corrected chi connectivity index (χ3v) is 3.24. The molecular weight excluding hydrogens is 194 g/mol. The summed E-state index contributed by atoms with van der Waals surface area (Å²) in [6, 6.07) is 4.90. The van der Waals surface area contributed by atoms with Gasteiger partial charge in [-0.3, -0.25) is 0 Å². The molecule has 0 radical (unpaired) electrons. The van der Waals surface area contributed by atoms with E-state index < -0.39 is 0 Å². The average molecular weight is 213 g/mol. The number of ether oxygens (including phenoxy) is 1. The lowest BCUT2D eigenvalue weighted by Crippen LogP contribution is -2.27. The van der Waals surface area contributed by atoms with E-state index in [9.17, 15) is 0 Å². The fourth-order valence-electron chi connectivity index (χ4n) is 1.49. The van der Waals surface area contributed by atoms with E-state index in [2.05, 4.69) is 22.8 Å². The second-order valence-electron chi connectivity index (χ2n) is 3.40. The Morgan fingerprint density at radius 3 is 3.00 bits per heavy atom. The number of likely N-dealkylation sites (N-methyl/N-ethyl adjacent to an activating group) is 1. The van der Waals surface area contributed by atoms with E-state index >= 15 is 0 Å². The van der Waals surface area contributed by atoms with Gasteiger partial charge in [0.1, 0.15) is 0 Å². The smallest absolute Gasteiger partial charge is 0.0462 e. The molecule has 0 aliphatic heterocycles. The molecule has 1 aromatic rings. The molecule has 0 spiro atoms. The molecule has 0 fully saturated rings. The number of thiophene rings is 1. The molecule has 0 aliphatic rings. The standard InChI is InChI=1S/C11H19NOS/c1-12-10(5-3-7-13-2)9-11-6-4-8-14-11/h4,6,8,10,12H,3,5,7,9H2,1-2H3. The molecule has 1 N–H and O–H groups in total. The first-order valence-corrected chi connectivity index (χ1v) is 5.93. The van der Waals surface area contributed by atoms with Crippen LogP contribution in [0.2, 0.25) is 0 Å². The molecule has 2 nitrogen and oxygen atoms in total. The van der Waals surface area contributed by atoms with Gasteiger partial charge in [-0.15, -0.1) is 11.3 Å². The highest BCUT2D eigenvalue weighted by Crippen LogP contribution is 2.13. The fourth-order valence-corrected chi connectivity index (χ4v) is 2.28. The molecule has 0 aromatic carbocycles. The second kappa shape index (κ2) is 6.98. The van der Waals surface area contributed by atoms with Crippen LogP contribution in [0.1, 0.15) is 17.7 Å². The van der Waals surface area contributed by atoms with Gasteiger partial charge < -0.3 is 10.1 Å². The van der Waals surface area contributed by atoms with E-state index in [-0.39, 0.29) is 0 Å². The molecule has 0 saturated heterocycles. The van der Waals surface area contributed by atoms with Crippen LogP contribution in [0.25, 0.3) is 0 Å². The van der Waals surface area contributed by atoms with Crippen LogP contribution >= 0.6 is 11.3 Å². The maximum atomic E-state index is 5.05. The number of methoxy groups -OCH3 is 1. The van der Waals surface area contributed by atoms with Crippen molar-refractivity contribution in [3.8, 4) is 0 Å². The van der Waals surface area contributed by atoms with Gasteiger partial charge in [0, 0.05) is 24.6 Å². The van der Waals surface area contributed by atoms with Crippen LogP contribution in [0.5, 0.6) is 0 Å². The number of rotatable bonds is 7. The Morgan fingerprint density at radius 2 is 2.43 bits per heavy atom. The van der Waals surface area contributed by atoms with Crippen LogP contribution in [0.15, 0.2) is 17.5 Å². The Morgan fingerprint density at radius 1 is 1.57 bits per heavy atom. The minimum atomic E-state index is 0.587. The Hall–Kier alpha value is -0.380. The first kappa shape index (κ1) is 11.7. The summed E-state index contributed by atoms with van der Waals surface area (Å²) >= 11 is 1.83. The molecule has 0 saturated carbocycles. The highest BCUT2D eigenvalue weighted by molar-refractivity contribution is 7.09. The summed E-state index contributed by atoms with van der Waals surface area (Å²) in [4.78, 5) is 1.46. The van der Waals surface area contributed by atoms with Gasteiger partial charge >= 0.3 is 0 Å². The van der Waals surface area contributed by atoms with Crippen LogP contribution in [0.4, 0.5) is 0 Å². The van der Waals surface area contributed by atoms with E-state index in [4.69, 9.17) is 4.74 Å². The van der Waals surface area contributed by atoms with Gasteiger partial charge in [0.05, 0.1) is 0 Å². The maximum absolute atomic E-state index is 5.05. The summed E-state index contributed by atoms with van der Waals surface area (Å²) in [5, 5.41) is 5.49. The quantitative estimate of drug-likeness (QED) is 0.702. The van der Waals surface area contributed by atoms with E-state index in [0.29, 0.717) is 6.04 Å². The van der Waals surface area contributed by atoms with Gasteiger partial charge in [0.15, 0.2) is 0 Å². The van der Waals surface area contributed by atoms with Gasteiger partial charge in [-0.25, -0.2) is 0 Å². The summed E-state index contributed by atoms with van der Waals surface area (Å²) in [5.41, 5.74) is 0. The first-order chi connectivity index (χ1) is 6.86. The van der Waals surface area contributed by atoms with Crippen molar-refractivity contribution in [2.45, 2.75) is 25.3 Å². The Kier molecular flexibility index (Phi) is 5.83. The topological polar surface area (TPSA) is 21.3 Å². The van der Waals surface area contributed by atoms with Crippen molar-refractivity contribution < 1.29 is 4.74 Å². The van der Waals surface area contributed by atoms with Crippen LogP contribution < -0.4 is 5.32 Å². The van der Waals surface area contributed by atoms with Crippen molar-refractivity contribution in [3.63, 3.8) is 0 Å². The number of nitrogens with one attached hydrogen (secondary N) is 1. The van der Waals surface area contributed by atoms with Crippen molar-refractivity contribution in [3.05, 3.63) is 22.4 Å². The molecule has 1 rings (SSSR count). The van der Waals surface area contributed by atoms with E-state index in [1.165, 1.54) is 11.3 Å². The molecule has 1 unspecified atom stereocenters. The zero-order chi connectivity index (χ0) is 10.2. The van der Waals surface area contributed by atoms with Crippen LogP contribution in [0, 0.1) is 0 Å². The summed E-state index contributed by atoms with van der Waals surface area (Å²) in [5.74, 6) is 0. The number of hydrogen-bond acceptors (Lipinski definition) is 3. The largest absolute Gasteiger partial charge is 0.385 e. The minimum absolute atomic E-state index is 0.587. The van der Waals surface area contributed by atoms with Crippen LogP contribution in [0.3, 0.4) is 0 Å².